The molecular weight excluding hydrogens is 251 g/mol. The third-order valence-corrected chi connectivity index (χ3v) is 10.0. The summed E-state index contributed by atoms with van der Waals surface area (Å²) in [5, 5.41) is -0.545. The van der Waals surface area contributed by atoms with Gasteiger partial charge in [0.25, 0.3) is 0 Å². The molecule has 3 heterocycles. The van der Waals surface area contributed by atoms with Gasteiger partial charge in [-0.2, -0.15) is 8.39 Å². The van der Waals surface area contributed by atoms with E-state index in [0.717, 1.165) is 0 Å². The van der Waals surface area contributed by atoms with Crippen LogP contribution in [0.25, 0.3) is 0 Å². The van der Waals surface area contributed by atoms with E-state index in [1.165, 1.54) is 18.2 Å². The maximum atomic E-state index is 13.7. The van der Waals surface area contributed by atoms with Crippen molar-refractivity contribution in [3.05, 3.63) is 23.8 Å². The molecule has 7 heteroatoms. The number of rotatable bonds is 0. The van der Waals surface area contributed by atoms with Crippen molar-refractivity contribution in [2.45, 2.75) is 4.36 Å². The first-order valence-corrected chi connectivity index (χ1v) is 7.35. The molecule has 2 nitrogen and oxygen atoms in total. The third-order valence-electron chi connectivity index (χ3n) is 2.72. The summed E-state index contributed by atoms with van der Waals surface area (Å²) in [4.78, 5) is 0. The van der Waals surface area contributed by atoms with E-state index >= 15 is 0 Å². The molecule has 0 N–H and O–H groups in total. The van der Waals surface area contributed by atoms with E-state index in [4.69, 9.17) is 11.6 Å². The number of hydrogen-bond acceptors (Lipinski definition) is 2. The lowest BCUT2D eigenvalue weighted by Gasteiger charge is -2.32. The SMILES string of the molecule is O=P1(F)c2cccc3c2P(=O)(F)C31Cl. The molecule has 0 saturated heterocycles. The van der Waals surface area contributed by atoms with Crippen LogP contribution in [0.3, 0.4) is 0 Å². The van der Waals surface area contributed by atoms with E-state index in [-0.39, 0.29) is 16.2 Å². The molecule has 3 unspecified atom stereocenters. The first kappa shape index (κ1) is 9.08. The lowest BCUT2D eigenvalue weighted by Crippen LogP contribution is -2.32. The van der Waals surface area contributed by atoms with E-state index in [1.807, 2.05) is 0 Å². The van der Waals surface area contributed by atoms with Crippen LogP contribution in [-0.4, -0.2) is 0 Å². The van der Waals surface area contributed by atoms with Crippen molar-refractivity contribution >= 4 is 37.1 Å². The molecule has 14 heavy (non-hydrogen) atoms. The van der Waals surface area contributed by atoms with Crippen molar-refractivity contribution in [1.82, 2.24) is 0 Å². The van der Waals surface area contributed by atoms with Crippen LogP contribution in [0.5, 0.6) is 0 Å². The average Bonchev–Trinajstić information content (AvgIpc) is 2.32. The average molecular weight is 254 g/mol. The molecule has 1 aromatic carbocycles. The summed E-state index contributed by atoms with van der Waals surface area (Å²) in [7, 11) is -9.01. The minimum atomic E-state index is -4.55. The zero-order valence-corrected chi connectivity index (χ0v) is 9.12. The zero-order chi connectivity index (χ0) is 10.4. The van der Waals surface area contributed by atoms with Gasteiger partial charge in [-0.05, 0) is 6.07 Å². The number of halogens is 3. The van der Waals surface area contributed by atoms with Crippen molar-refractivity contribution in [3.8, 4) is 0 Å². The molecule has 1 aromatic rings. The Morgan fingerprint density at radius 1 is 1.21 bits per heavy atom. The lowest BCUT2D eigenvalue weighted by molar-refractivity contribution is 0.522. The summed E-state index contributed by atoms with van der Waals surface area (Å²) < 4.78 is 47.9. The number of alkyl halides is 1. The van der Waals surface area contributed by atoms with Gasteiger partial charge in [0.2, 0.25) is 4.36 Å². The van der Waals surface area contributed by atoms with Crippen LogP contribution in [0.15, 0.2) is 18.2 Å². The molecule has 4 bridgehead atoms. The highest BCUT2D eigenvalue weighted by Gasteiger charge is 2.80. The smallest absolute Gasteiger partial charge is 0.280 e. The van der Waals surface area contributed by atoms with Gasteiger partial charge in [0.05, 0.1) is 10.6 Å². The Labute approximate surface area is 83.2 Å². The Morgan fingerprint density at radius 2 is 1.86 bits per heavy atom. The third kappa shape index (κ3) is 0.559. The first-order chi connectivity index (χ1) is 6.35. The Bertz CT molecular complexity index is 573. The van der Waals surface area contributed by atoms with Crippen LogP contribution >= 0.6 is 26.5 Å². The van der Waals surface area contributed by atoms with Gasteiger partial charge in [-0.15, -0.1) is 0 Å². The summed E-state index contributed by atoms with van der Waals surface area (Å²) >= 11 is 5.59. The van der Waals surface area contributed by atoms with Gasteiger partial charge in [-0.3, -0.25) is 9.13 Å². The molecule has 0 spiro atoms. The van der Waals surface area contributed by atoms with Crippen molar-refractivity contribution in [1.29, 1.82) is 0 Å². The highest BCUT2D eigenvalue weighted by atomic mass is 35.5. The molecule has 0 aromatic heterocycles. The lowest BCUT2D eigenvalue weighted by atomic mass is 10.2. The summed E-state index contributed by atoms with van der Waals surface area (Å²) in [6, 6.07) is 3.98. The maximum absolute atomic E-state index is 13.7. The minimum Gasteiger partial charge on any atom is -0.280 e. The van der Waals surface area contributed by atoms with Crippen molar-refractivity contribution < 1.29 is 17.5 Å². The predicted octanol–water partition coefficient (Wildman–Crippen LogP) is 2.81. The highest BCUT2D eigenvalue weighted by molar-refractivity contribution is 7.94. The molecule has 0 aliphatic carbocycles. The van der Waals surface area contributed by atoms with Crippen molar-refractivity contribution in [3.63, 3.8) is 0 Å². The van der Waals surface area contributed by atoms with Gasteiger partial charge >= 0.3 is 14.9 Å². The van der Waals surface area contributed by atoms with E-state index in [2.05, 4.69) is 0 Å². The van der Waals surface area contributed by atoms with Crippen LogP contribution in [0, 0.1) is 0 Å². The van der Waals surface area contributed by atoms with E-state index < -0.39 is 19.3 Å². The molecular formula is C7H3ClF2O2P2. The van der Waals surface area contributed by atoms with Crippen LogP contribution in [0.2, 0.25) is 0 Å². The molecule has 0 saturated carbocycles. The van der Waals surface area contributed by atoms with Crippen LogP contribution in [-0.2, 0) is 13.5 Å². The van der Waals surface area contributed by atoms with Crippen molar-refractivity contribution in [2.24, 2.45) is 0 Å². The summed E-state index contributed by atoms with van der Waals surface area (Å²) in [6.45, 7) is 0. The summed E-state index contributed by atoms with van der Waals surface area (Å²) in [5.41, 5.74) is 0.0910. The van der Waals surface area contributed by atoms with Crippen LogP contribution < -0.4 is 10.6 Å². The van der Waals surface area contributed by atoms with Crippen molar-refractivity contribution in [2.75, 3.05) is 0 Å². The predicted molar refractivity (Wildman–Crippen MR) is 50.7 cm³/mol. The quantitative estimate of drug-likeness (QED) is 0.527. The fourth-order valence-corrected chi connectivity index (χ4v) is 8.64. The standard InChI is InChI=1S/C7H3ClF2O2P2/c8-7-4-2-1-3-5(13(7,9)11)6(4)14(7,10)12/h1-3H. The summed E-state index contributed by atoms with van der Waals surface area (Å²) in [6.07, 6.45) is 0. The van der Waals surface area contributed by atoms with E-state index in [0.29, 0.717) is 0 Å². The topological polar surface area (TPSA) is 34.1 Å². The molecule has 0 radical (unpaired) electrons. The Kier molecular flexibility index (Phi) is 1.31. The molecule has 74 valence electrons. The molecule has 3 atom stereocenters. The second-order valence-corrected chi connectivity index (χ2v) is 9.17. The second kappa shape index (κ2) is 2.02. The van der Waals surface area contributed by atoms with Gasteiger partial charge < -0.3 is 0 Å². The monoisotopic (exact) mass is 254 g/mol. The molecule has 4 rings (SSSR count). The zero-order valence-electron chi connectivity index (χ0n) is 6.58. The van der Waals surface area contributed by atoms with Gasteiger partial charge in [0.1, 0.15) is 0 Å². The fourth-order valence-electron chi connectivity index (χ4n) is 2.05. The molecule has 3 aliphatic heterocycles. The van der Waals surface area contributed by atoms with Crippen LogP contribution in [0.1, 0.15) is 5.56 Å². The fraction of sp³-hybridized carbons (Fsp3) is 0.143. The molecule has 0 amide bonds. The van der Waals surface area contributed by atoms with Gasteiger partial charge in [0, 0.05) is 5.56 Å². The van der Waals surface area contributed by atoms with E-state index in [9.17, 15) is 17.5 Å². The minimum absolute atomic E-state index is 0.0910. The maximum Gasteiger partial charge on any atom is 0.307 e. The van der Waals surface area contributed by atoms with E-state index in [1.54, 1.807) is 0 Å². The first-order valence-electron chi connectivity index (χ1n) is 3.78. The van der Waals surface area contributed by atoms with Gasteiger partial charge in [0.15, 0.2) is 0 Å². The summed E-state index contributed by atoms with van der Waals surface area (Å²) in [5.74, 6) is 0. The van der Waals surface area contributed by atoms with Gasteiger partial charge in [-0.25, -0.2) is 0 Å². The highest BCUT2D eigenvalue weighted by Crippen LogP contribution is 2.93. The molecule has 3 aliphatic rings. The normalized spacial score (nSPS) is 47.6. The Hall–Kier alpha value is -0.170. The van der Waals surface area contributed by atoms with Crippen LogP contribution in [0.4, 0.5) is 8.39 Å². The second-order valence-electron chi connectivity index (χ2n) is 3.33. The Morgan fingerprint density at radius 3 is 2.36 bits per heavy atom. The Balaban J connectivity index is 2.58. The largest absolute Gasteiger partial charge is 0.307 e. The van der Waals surface area contributed by atoms with Gasteiger partial charge in [-0.1, -0.05) is 23.7 Å². The number of benzene rings is 1. The molecule has 0 fully saturated rings. The number of hydrogen-bond donors (Lipinski definition) is 0.